The summed E-state index contributed by atoms with van der Waals surface area (Å²) in [6, 6.07) is 7.15. The molecule has 0 spiro atoms. The zero-order chi connectivity index (χ0) is 41.9. The molecule has 3 amide bonds. The third kappa shape index (κ3) is 7.25. The van der Waals surface area contributed by atoms with Gasteiger partial charge in [-0.15, -0.1) is 0 Å². The second kappa shape index (κ2) is 15.8. The Morgan fingerprint density at radius 1 is 1.03 bits per heavy atom. The number of para-hydroxylation sites is 1. The van der Waals surface area contributed by atoms with Gasteiger partial charge >= 0.3 is 5.69 Å². The minimum absolute atomic E-state index is 0.0165. The van der Waals surface area contributed by atoms with Crippen molar-refractivity contribution in [3.63, 3.8) is 0 Å². The molecule has 2 bridgehead atoms. The fourth-order valence-corrected chi connectivity index (χ4v) is 9.89. The van der Waals surface area contributed by atoms with Crippen LogP contribution in [0.4, 0.5) is 20.3 Å². The lowest BCUT2D eigenvalue weighted by molar-refractivity contribution is -0.135. The summed E-state index contributed by atoms with van der Waals surface area (Å²) >= 11 is 0. The monoisotopic (exact) mass is 836 g/mol. The second-order valence-corrected chi connectivity index (χ2v) is 16.7. The number of anilines is 2. The number of imide groups is 1. The molecule has 3 atom stereocenters. The minimum Gasteiger partial charge on any atom is -0.374 e. The lowest BCUT2D eigenvalue weighted by atomic mass is 9.90. The molecular formula is C42H46F2N12O5. The Hall–Kier alpha value is -5.97. The Morgan fingerprint density at radius 3 is 2.57 bits per heavy atom. The van der Waals surface area contributed by atoms with Gasteiger partial charge < -0.3 is 15.0 Å². The topological polar surface area (TPSA) is 169 Å². The number of benzene rings is 1. The van der Waals surface area contributed by atoms with Crippen molar-refractivity contribution in [2.24, 2.45) is 7.05 Å². The zero-order valence-electron chi connectivity index (χ0n) is 33.7. The Morgan fingerprint density at radius 2 is 1.84 bits per heavy atom. The number of morpholine rings is 1. The molecule has 0 radical (unpaired) electrons. The van der Waals surface area contributed by atoms with Crippen LogP contribution < -0.4 is 21.2 Å². The van der Waals surface area contributed by atoms with E-state index in [0.717, 1.165) is 70.6 Å². The van der Waals surface area contributed by atoms with E-state index in [1.165, 1.54) is 26.0 Å². The van der Waals surface area contributed by atoms with Crippen LogP contribution in [0.1, 0.15) is 85.1 Å². The molecule has 2 N–H and O–H groups in total. The number of halogens is 2. The first kappa shape index (κ1) is 39.2. The maximum absolute atomic E-state index is 14.3. The summed E-state index contributed by atoms with van der Waals surface area (Å²) in [5.41, 5.74) is 1.70. The van der Waals surface area contributed by atoms with Crippen LogP contribution in [0.3, 0.4) is 0 Å². The van der Waals surface area contributed by atoms with Crippen LogP contribution in [0, 0.1) is 11.8 Å². The molecular weight excluding hydrogens is 791 g/mol. The van der Waals surface area contributed by atoms with Crippen LogP contribution in [-0.2, 0) is 21.4 Å². The Bertz CT molecular complexity index is 2660. The van der Waals surface area contributed by atoms with E-state index in [0.29, 0.717) is 41.4 Å². The molecule has 4 aromatic heterocycles. The molecule has 5 fully saturated rings. The Labute approximate surface area is 348 Å². The maximum atomic E-state index is 14.3. The summed E-state index contributed by atoms with van der Waals surface area (Å²) in [6.45, 7) is 5.40. The number of nitrogens with zero attached hydrogens (tertiary/aromatic N) is 10. The predicted molar refractivity (Wildman–Crippen MR) is 218 cm³/mol. The van der Waals surface area contributed by atoms with Crippen molar-refractivity contribution in [2.45, 2.75) is 81.6 Å². The molecule has 17 nitrogen and oxygen atoms in total. The number of piperazine rings is 1. The van der Waals surface area contributed by atoms with E-state index in [4.69, 9.17) is 9.72 Å². The smallest absolute Gasteiger partial charge is 0.329 e. The highest BCUT2D eigenvalue weighted by Gasteiger charge is 2.40. The fraction of sp³-hybridized carbons (Fsp3) is 0.500. The number of hydrogen-bond acceptors (Lipinski definition) is 11. The average molecular weight is 837 g/mol. The molecule has 10 rings (SSSR count). The van der Waals surface area contributed by atoms with Crippen molar-refractivity contribution >= 4 is 45.9 Å². The van der Waals surface area contributed by atoms with Gasteiger partial charge in [0.25, 0.3) is 12.3 Å². The molecule has 4 aliphatic heterocycles. The summed E-state index contributed by atoms with van der Waals surface area (Å²) in [7, 11) is 1.67. The molecule has 8 heterocycles. The first-order valence-corrected chi connectivity index (χ1v) is 21.0. The average Bonchev–Trinajstić information content (AvgIpc) is 4.11. The van der Waals surface area contributed by atoms with Gasteiger partial charge in [-0.1, -0.05) is 17.9 Å². The van der Waals surface area contributed by atoms with Gasteiger partial charge in [-0.2, -0.15) is 10.2 Å². The highest BCUT2D eigenvalue weighted by atomic mass is 19.3. The highest BCUT2D eigenvalue weighted by molar-refractivity contribution is 6.08. The van der Waals surface area contributed by atoms with Gasteiger partial charge in [-0.3, -0.25) is 43.3 Å². The number of alkyl halides is 2. The van der Waals surface area contributed by atoms with Crippen molar-refractivity contribution < 1.29 is 27.9 Å². The molecule has 318 valence electrons. The third-order valence-electron chi connectivity index (χ3n) is 13.1. The molecule has 5 aliphatic rings. The third-order valence-corrected chi connectivity index (χ3v) is 13.1. The van der Waals surface area contributed by atoms with E-state index in [1.807, 2.05) is 18.2 Å². The standard InChI is InChI=1S/C42H46F2N12O5/c1-50-37-25(4-2-6-32(37)56(42(50)60)33-11-12-35(57)48-41(33)59)5-3-14-51-16-18-52(19-17-51)26-7-9-27(10-8-26)55-23-31(36(49-55)38(43)44)46-40(58)30-21-45-54-15-13-34(47-39(30)54)53-22-29-20-28(53)24-61-29/h2,4,6,13,15,21,23,26-29,33,38H,7-12,14,16-20,22,24H2,1H3,(H,46,58)(H,48,57,59)/t26-,27-,28-,29-,33?/m1/s1. The number of amides is 3. The molecule has 5 aromatic rings. The zero-order valence-corrected chi connectivity index (χ0v) is 33.7. The predicted octanol–water partition coefficient (Wildman–Crippen LogP) is 2.88. The molecule has 1 unspecified atom stereocenters. The number of rotatable bonds is 8. The van der Waals surface area contributed by atoms with Crippen molar-refractivity contribution in [3.05, 3.63) is 70.2 Å². The van der Waals surface area contributed by atoms with Gasteiger partial charge in [0.05, 0.1) is 59.8 Å². The summed E-state index contributed by atoms with van der Waals surface area (Å²) in [5.74, 6) is 5.91. The van der Waals surface area contributed by atoms with E-state index in [2.05, 4.69) is 47.4 Å². The van der Waals surface area contributed by atoms with Crippen LogP contribution in [0.2, 0.25) is 0 Å². The largest absolute Gasteiger partial charge is 0.374 e. The first-order valence-electron chi connectivity index (χ1n) is 21.0. The molecule has 19 heteroatoms. The number of aromatic nitrogens is 7. The molecule has 1 saturated carbocycles. The number of aryl methyl sites for hydroxylation is 1. The molecule has 1 aromatic carbocycles. The van der Waals surface area contributed by atoms with Crippen molar-refractivity contribution in [1.29, 1.82) is 0 Å². The summed E-state index contributed by atoms with van der Waals surface area (Å²) in [6.07, 6.45) is 6.73. The van der Waals surface area contributed by atoms with Crippen LogP contribution >= 0.6 is 0 Å². The van der Waals surface area contributed by atoms with Gasteiger partial charge in [-0.05, 0) is 56.7 Å². The van der Waals surface area contributed by atoms with Gasteiger partial charge in [0.1, 0.15) is 17.4 Å². The molecule has 1 aliphatic carbocycles. The summed E-state index contributed by atoms with van der Waals surface area (Å²) < 4.78 is 40.4. The Balaban J connectivity index is 0.740. The number of carbonyl (C=O) groups excluding carboxylic acids is 3. The number of carbonyl (C=O) groups is 3. The highest BCUT2D eigenvalue weighted by Crippen LogP contribution is 2.36. The summed E-state index contributed by atoms with van der Waals surface area (Å²) in [5, 5.41) is 13.6. The Kier molecular flexibility index (Phi) is 10.2. The van der Waals surface area contributed by atoms with E-state index in [9.17, 15) is 28.0 Å². The normalized spacial score (nSPS) is 24.8. The van der Waals surface area contributed by atoms with Crippen LogP contribution in [0.15, 0.2) is 47.7 Å². The lowest BCUT2D eigenvalue weighted by Crippen LogP contribution is -2.51. The number of hydrogen-bond donors (Lipinski definition) is 2. The van der Waals surface area contributed by atoms with Crippen LogP contribution in [0.5, 0.6) is 0 Å². The molecule has 4 saturated heterocycles. The van der Waals surface area contributed by atoms with E-state index in [1.54, 1.807) is 24.0 Å². The number of fused-ring (bicyclic) bond motifs is 4. The number of nitrogens with one attached hydrogen (secondary N) is 2. The van der Waals surface area contributed by atoms with Crippen molar-refractivity contribution in [1.82, 2.24) is 48.6 Å². The van der Waals surface area contributed by atoms with Gasteiger partial charge in [0.15, 0.2) is 11.3 Å². The minimum atomic E-state index is -2.87. The van der Waals surface area contributed by atoms with Gasteiger partial charge in [0.2, 0.25) is 11.8 Å². The van der Waals surface area contributed by atoms with Crippen molar-refractivity contribution in [2.75, 3.05) is 56.1 Å². The number of imidazole rings is 1. The van der Waals surface area contributed by atoms with Crippen LogP contribution in [0.25, 0.3) is 16.7 Å². The first-order chi connectivity index (χ1) is 29.6. The lowest BCUT2D eigenvalue weighted by Gasteiger charge is -2.41. The quantitative estimate of drug-likeness (QED) is 0.174. The van der Waals surface area contributed by atoms with E-state index in [-0.39, 0.29) is 53.9 Å². The SMILES string of the molecule is Cn1c(=O)n(C2CCC(=O)NC2=O)c2cccc(C#CCN3CCN([C@H]4CC[C@H](n5cc(NC(=O)c6cnn7ccc(N8C[C@H]9C[C@@H]8CO9)nc67)c(C(F)F)n5)CC4)CC3)c21. The number of piperidine rings is 1. The fourth-order valence-electron chi connectivity index (χ4n) is 9.89. The molecule has 61 heavy (non-hydrogen) atoms. The van der Waals surface area contributed by atoms with E-state index >= 15 is 0 Å². The van der Waals surface area contributed by atoms with Gasteiger partial charge in [-0.25, -0.2) is 23.1 Å². The van der Waals surface area contributed by atoms with Gasteiger partial charge in [0, 0.05) is 64.6 Å². The maximum Gasteiger partial charge on any atom is 0.329 e. The second-order valence-electron chi connectivity index (χ2n) is 16.7. The van der Waals surface area contributed by atoms with Crippen molar-refractivity contribution in [3.8, 4) is 11.8 Å². The van der Waals surface area contributed by atoms with Crippen LogP contribution in [-0.4, -0.2) is 125 Å². The summed E-state index contributed by atoms with van der Waals surface area (Å²) in [4.78, 5) is 62.9. The van der Waals surface area contributed by atoms with E-state index < -0.39 is 30.0 Å². The number of ether oxygens (including phenoxy) is 1.